The van der Waals surface area contributed by atoms with E-state index in [4.69, 9.17) is 37.3 Å². The molecule has 6 N–H and O–H groups in total. The van der Waals surface area contributed by atoms with Gasteiger partial charge in [-0.1, -0.05) is 80.2 Å². The molecule has 3 aromatic carbocycles. The monoisotopic (exact) mass is 1250 g/mol. The number of anilines is 3. The summed E-state index contributed by atoms with van der Waals surface area (Å²) in [7, 11) is -1.30. The Bertz CT molecular complexity index is 2910. The molecule has 0 bridgehead atoms. The van der Waals surface area contributed by atoms with E-state index in [1.807, 2.05) is 0 Å². The maximum absolute atomic E-state index is 14.4. The predicted octanol–water partition coefficient (Wildman–Crippen LogP) is 11.0. The average molecular weight is 1250 g/mol. The van der Waals surface area contributed by atoms with Crippen molar-refractivity contribution in [3.05, 3.63) is 77.9 Å². The van der Waals surface area contributed by atoms with Crippen molar-refractivity contribution in [2.75, 3.05) is 76.3 Å². The number of unbranched alkanes of at least 4 members (excludes halogenated alkanes) is 2. The van der Waals surface area contributed by atoms with Gasteiger partial charge in [0.2, 0.25) is 11.8 Å². The van der Waals surface area contributed by atoms with Crippen LogP contribution in [-0.4, -0.2) is 158 Å². The van der Waals surface area contributed by atoms with Crippen molar-refractivity contribution in [2.24, 2.45) is 5.92 Å². The lowest BCUT2D eigenvalue weighted by atomic mass is 10.0. The van der Waals surface area contributed by atoms with Gasteiger partial charge in [-0.2, -0.15) is 0 Å². The molecule has 23 nitrogen and oxygen atoms in total. The number of methoxy groups -OCH3 is 2. The van der Waals surface area contributed by atoms with Gasteiger partial charge in [-0.25, -0.2) is 14.4 Å². The average Bonchev–Trinajstić information content (AvgIpc) is 1.14. The number of rotatable bonds is 30. The third-order valence-electron chi connectivity index (χ3n) is 16.4. The highest BCUT2D eigenvalue weighted by atomic mass is 28.4. The molecule has 87 heavy (non-hydrogen) atoms. The van der Waals surface area contributed by atoms with Crippen LogP contribution in [0.3, 0.4) is 0 Å². The fraction of sp³-hybridized carbons (Fsp3) is 0.565. The molecule has 2 aliphatic rings. The van der Waals surface area contributed by atoms with E-state index in [0.717, 1.165) is 12.8 Å². The summed E-state index contributed by atoms with van der Waals surface area (Å²) in [6.07, 6.45) is 1.68. The number of carbonyl (C=O) groups excluding carboxylic acids is 6. The summed E-state index contributed by atoms with van der Waals surface area (Å²) in [5.74, 6) is -1.02. The van der Waals surface area contributed by atoms with Gasteiger partial charge >= 0.3 is 18.3 Å². The molecule has 3 aromatic rings. The summed E-state index contributed by atoms with van der Waals surface area (Å²) >= 11 is 0. The second-order valence-electron chi connectivity index (χ2n) is 25.2. The minimum Gasteiger partial charge on any atom is -0.493 e. The van der Waals surface area contributed by atoms with Gasteiger partial charge in [-0.15, -0.1) is 0 Å². The summed E-state index contributed by atoms with van der Waals surface area (Å²) in [4.78, 5) is 95.6. The highest BCUT2D eigenvalue weighted by Crippen LogP contribution is 2.41. The largest absolute Gasteiger partial charge is 0.493 e. The second-order valence-corrected chi connectivity index (χ2v) is 34.8. The van der Waals surface area contributed by atoms with E-state index in [-0.39, 0.29) is 112 Å². The Morgan fingerprint density at radius 1 is 0.644 bits per heavy atom. The van der Waals surface area contributed by atoms with Crippen molar-refractivity contribution in [1.82, 2.24) is 20.4 Å². The quantitative estimate of drug-likeness (QED) is 0.0206. The Labute approximate surface area is 514 Å². The maximum atomic E-state index is 14.4. The van der Waals surface area contributed by atoms with E-state index >= 15 is 0 Å². The number of nitrogens with one attached hydrogen (secondary N) is 5. The minimum absolute atomic E-state index is 0.00147. The molecule has 0 radical (unpaired) electrons. The van der Waals surface area contributed by atoms with Crippen LogP contribution < -0.4 is 45.5 Å². The lowest BCUT2D eigenvalue weighted by molar-refractivity contribution is -0.128. The molecule has 0 unspecified atom stereocenters. The number of likely N-dealkylation sites (tertiary alicyclic amines) is 2. The van der Waals surface area contributed by atoms with Gasteiger partial charge in [-0.3, -0.25) is 29.8 Å². The lowest BCUT2D eigenvalue weighted by Gasteiger charge is -2.44. The van der Waals surface area contributed by atoms with Crippen LogP contribution in [0.2, 0.25) is 36.3 Å². The molecular weight excluding hydrogens is 1150 g/mol. The summed E-state index contributed by atoms with van der Waals surface area (Å²) in [6, 6.07) is 10.3. The van der Waals surface area contributed by atoms with Gasteiger partial charge in [0.15, 0.2) is 39.6 Å². The zero-order valence-corrected chi connectivity index (χ0v) is 55.4. The van der Waals surface area contributed by atoms with E-state index in [1.54, 1.807) is 47.9 Å². The third-order valence-corrected chi connectivity index (χ3v) is 25.4. The molecule has 480 valence electrons. The normalized spacial score (nSPS) is 15.8. The Morgan fingerprint density at radius 2 is 1.13 bits per heavy atom. The zero-order chi connectivity index (χ0) is 64.6. The number of hydrogen-bond donors (Lipinski definition) is 6. The zero-order valence-electron chi connectivity index (χ0n) is 53.4. The summed E-state index contributed by atoms with van der Waals surface area (Å²) in [6.45, 7) is 32.1. The van der Waals surface area contributed by atoms with Gasteiger partial charge in [0, 0.05) is 30.9 Å². The van der Waals surface area contributed by atoms with Crippen molar-refractivity contribution >= 4 is 75.6 Å². The molecule has 2 heterocycles. The first-order chi connectivity index (χ1) is 40.8. The van der Waals surface area contributed by atoms with Crippen LogP contribution in [0.25, 0.3) is 0 Å². The first-order valence-electron chi connectivity index (χ1n) is 29.6. The Hall–Kier alpha value is -7.36. The highest BCUT2D eigenvalue weighted by molar-refractivity contribution is 6.74. The predicted molar refractivity (Wildman–Crippen MR) is 337 cm³/mol. The number of nitrogens with zero attached hydrogens (tertiary/aromatic N) is 2. The molecule has 0 spiro atoms. The molecule has 0 aliphatic carbocycles. The van der Waals surface area contributed by atoms with Crippen molar-refractivity contribution in [3.63, 3.8) is 0 Å². The number of amides is 7. The van der Waals surface area contributed by atoms with E-state index in [9.17, 15) is 38.7 Å². The van der Waals surface area contributed by atoms with Crippen LogP contribution in [0, 0.1) is 5.92 Å². The second kappa shape index (κ2) is 31.0. The Morgan fingerprint density at radius 3 is 1.54 bits per heavy atom. The standard InChI is InChI=1S/C62H93N7O16Si2/c1-17-29-82-60(77)67-53(39(2)3)55(71)63-40(4)54(70)64-42-23-21-41(22-24-42)36-83-59(76)66-48-35-52(50(79-12)33-46(48)57(73)69-28-26-44(69)38-85-87(15,16)62(8,9)10)81-31-20-18-19-30-80-51-34-47(65-58(74)75)45(32-49(51)78-11)56(72)68-27-25-43(68)37-84-86(13,14)61(5,6)7/h17,21-24,32-35,39-40,43-44,53,65H,1,18-20,25-31,36-38H2,2-16H3,(H,63,71)(H,64,70)(H,66,76)(H,67,77)(H,74,75)/t40-,43-,44-,53-/m0/s1. The van der Waals surface area contributed by atoms with Crippen molar-refractivity contribution in [1.29, 1.82) is 0 Å². The summed E-state index contributed by atoms with van der Waals surface area (Å²) < 4.78 is 47.3. The van der Waals surface area contributed by atoms with E-state index in [2.05, 4.69) is 101 Å². The summed E-state index contributed by atoms with van der Waals surface area (Å²) in [5.41, 5.74) is 1.48. The van der Waals surface area contributed by atoms with Crippen LogP contribution in [0.1, 0.15) is 121 Å². The number of benzene rings is 3. The van der Waals surface area contributed by atoms with Gasteiger partial charge in [0.05, 0.1) is 75.2 Å². The number of hydrogen-bond acceptors (Lipinski definition) is 15. The van der Waals surface area contributed by atoms with Crippen LogP contribution in [0.15, 0.2) is 61.2 Å². The number of carbonyl (C=O) groups is 7. The molecular formula is C62H93N7O16Si2. The molecule has 2 saturated heterocycles. The van der Waals surface area contributed by atoms with E-state index in [0.29, 0.717) is 56.8 Å². The van der Waals surface area contributed by atoms with Crippen LogP contribution in [-0.2, 0) is 34.5 Å². The van der Waals surface area contributed by atoms with Gasteiger partial charge in [0.25, 0.3) is 11.8 Å². The molecule has 2 aliphatic heterocycles. The number of carboxylic acid groups (broad SMARTS) is 1. The lowest BCUT2D eigenvalue weighted by Crippen LogP contribution is -2.55. The first kappa shape index (κ1) is 70.4. The van der Waals surface area contributed by atoms with E-state index in [1.165, 1.54) is 51.5 Å². The molecule has 7 amide bonds. The minimum atomic E-state index is -2.13. The molecule has 5 rings (SSSR count). The smallest absolute Gasteiger partial charge is 0.411 e. The molecule has 0 saturated carbocycles. The molecule has 25 heteroatoms. The number of ether oxygens (including phenoxy) is 6. The molecule has 0 aromatic heterocycles. The topological polar surface area (TPSA) is 280 Å². The van der Waals surface area contributed by atoms with Crippen LogP contribution >= 0.6 is 0 Å². The van der Waals surface area contributed by atoms with Crippen molar-refractivity contribution < 1.29 is 75.9 Å². The van der Waals surface area contributed by atoms with Crippen LogP contribution in [0.4, 0.5) is 31.4 Å². The molecule has 2 fully saturated rings. The third kappa shape index (κ3) is 19.6. The highest BCUT2D eigenvalue weighted by Gasteiger charge is 2.43. The van der Waals surface area contributed by atoms with Crippen molar-refractivity contribution in [2.45, 2.75) is 161 Å². The Kier molecular flexibility index (Phi) is 25.1. The fourth-order valence-corrected chi connectivity index (χ4v) is 10.7. The van der Waals surface area contributed by atoms with Gasteiger partial charge in [0.1, 0.15) is 25.3 Å². The maximum Gasteiger partial charge on any atom is 0.411 e. The van der Waals surface area contributed by atoms with E-state index < -0.39 is 58.8 Å². The fourth-order valence-electron chi connectivity index (χ4n) is 8.64. The SMILES string of the molecule is C=CCOC(=O)N[C@H](C(=O)N[C@@H](C)C(=O)Nc1ccc(COC(=O)Nc2cc(OCCCCCOc3cc(NC(=O)O)c(C(=O)N4CC[C@H]4CO[Si](C)(C)C(C)(C)C)cc3OC)c(OC)cc2C(=O)N2CC[C@H]2CO[Si](C)(C)C(C)(C)C)cc1)C(C)C. The first-order valence-corrected chi connectivity index (χ1v) is 35.4. The Balaban J connectivity index is 1.22. The number of alkyl carbamates (subject to hydrolysis) is 1. The molecule has 4 atom stereocenters. The van der Waals surface area contributed by atoms with Crippen LogP contribution in [0.5, 0.6) is 23.0 Å². The van der Waals surface area contributed by atoms with Crippen molar-refractivity contribution in [3.8, 4) is 23.0 Å². The summed E-state index contributed by atoms with van der Waals surface area (Å²) in [5, 5.41) is 22.7. The van der Waals surface area contributed by atoms with Gasteiger partial charge in [-0.05, 0) is 111 Å². The van der Waals surface area contributed by atoms with Gasteiger partial charge < -0.3 is 68.1 Å².